The van der Waals surface area contributed by atoms with Crippen LogP contribution < -0.4 is 0 Å². The summed E-state index contributed by atoms with van der Waals surface area (Å²) in [5.74, 6) is 0. The van der Waals surface area contributed by atoms with Crippen molar-refractivity contribution in [2.45, 2.75) is 6.85 Å². The predicted molar refractivity (Wildman–Crippen MR) is 133 cm³/mol. The molecule has 3 aromatic carbocycles. The Morgan fingerprint density at radius 1 is 0.794 bits per heavy atom. The molecule has 1 radical (unpaired) electrons. The third kappa shape index (κ3) is 6.56. The van der Waals surface area contributed by atoms with Crippen molar-refractivity contribution in [2.24, 2.45) is 0 Å². The zero-order valence-electron chi connectivity index (χ0n) is 21.1. The number of hydrogen-bond donors (Lipinski definition) is 0. The van der Waals surface area contributed by atoms with Gasteiger partial charge in [0.1, 0.15) is 5.69 Å². The van der Waals surface area contributed by atoms with Crippen LogP contribution in [0.3, 0.4) is 0 Å². The second kappa shape index (κ2) is 12.4. The summed E-state index contributed by atoms with van der Waals surface area (Å²) >= 11 is 0. The van der Waals surface area contributed by atoms with Gasteiger partial charge in [0.2, 0.25) is 0 Å². The van der Waals surface area contributed by atoms with Gasteiger partial charge in [-0.1, -0.05) is 48.5 Å². The fourth-order valence-electron chi connectivity index (χ4n) is 3.17. The number of hydrogen-bond acceptors (Lipinski definition) is 2. The molecule has 0 aliphatic rings. The van der Waals surface area contributed by atoms with Crippen molar-refractivity contribution in [2.75, 3.05) is 0 Å². The molecule has 0 spiro atoms. The van der Waals surface area contributed by atoms with E-state index in [4.69, 9.17) is 10.7 Å². The Morgan fingerprint density at radius 2 is 1.62 bits per heavy atom. The van der Waals surface area contributed by atoms with E-state index >= 15 is 0 Å². The summed E-state index contributed by atoms with van der Waals surface area (Å²) < 4.78 is 21.8. The third-order valence-corrected chi connectivity index (χ3v) is 4.79. The molecule has 34 heavy (non-hydrogen) atoms. The maximum Gasteiger partial charge on any atom is 0.106 e. The summed E-state index contributed by atoms with van der Waals surface area (Å²) in [6.45, 7) is 4.77. The molecule has 0 amide bonds. The molecule has 167 valence electrons. The standard InChI is InChI=1S/C17H12N.C13H9N2.Ir/c1-3-7-14(8-4-1)16-11-12-18-17(13-16)15-9-5-2-6-10-15;1-10-6-7-13(15-9-10)11-4-3-5-12(8-11)14-2;/h1-9,11-13H;3-7,9H,1H3;/q2*-1;/i;1D3;. The molecule has 5 rings (SSSR count). The first-order valence-corrected chi connectivity index (χ1v) is 10.3. The summed E-state index contributed by atoms with van der Waals surface area (Å²) in [5, 5.41) is 0. The van der Waals surface area contributed by atoms with Crippen LogP contribution in [0.2, 0.25) is 0 Å². The minimum atomic E-state index is -2.15. The van der Waals surface area contributed by atoms with E-state index in [0.29, 0.717) is 16.9 Å². The van der Waals surface area contributed by atoms with E-state index in [2.05, 4.69) is 45.1 Å². The van der Waals surface area contributed by atoms with Crippen molar-refractivity contribution in [3.63, 3.8) is 0 Å². The monoisotopic (exact) mass is 619 g/mol. The molecule has 4 heteroatoms. The maximum atomic E-state index is 7.26. The number of benzene rings is 3. The fourth-order valence-corrected chi connectivity index (χ4v) is 3.17. The normalized spacial score (nSPS) is 11.3. The molecule has 3 nitrogen and oxygen atoms in total. The SMILES string of the molecule is [2H]C([2H])([2H])c1ccc(-c2[c-]c([N+]#[C-])ccc2)nc1.[Ir].[c-]1ccccc1-c1cc(-c2ccccc2)ccn1. The number of pyridine rings is 2. The van der Waals surface area contributed by atoms with Crippen LogP contribution in [0.4, 0.5) is 5.69 Å². The average Bonchev–Trinajstić information content (AvgIpc) is 2.94. The zero-order valence-corrected chi connectivity index (χ0v) is 20.5. The van der Waals surface area contributed by atoms with Gasteiger partial charge >= 0.3 is 0 Å². The van der Waals surface area contributed by atoms with Crippen molar-refractivity contribution >= 4 is 5.69 Å². The van der Waals surface area contributed by atoms with E-state index in [9.17, 15) is 0 Å². The summed E-state index contributed by atoms with van der Waals surface area (Å²) in [5.41, 5.74) is 6.26. The van der Waals surface area contributed by atoms with Crippen LogP contribution in [0, 0.1) is 25.6 Å². The van der Waals surface area contributed by atoms with Crippen LogP contribution >= 0.6 is 0 Å². The smallest absolute Gasteiger partial charge is 0.106 e. The van der Waals surface area contributed by atoms with Gasteiger partial charge < -0.3 is 9.97 Å². The molecule has 2 aromatic heterocycles. The minimum absolute atomic E-state index is 0. The molecule has 0 N–H and O–H groups in total. The molecule has 0 saturated carbocycles. The van der Waals surface area contributed by atoms with Gasteiger partial charge in [-0.2, -0.15) is 6.07 Å². The molecule has 0 unspecified atom stereocenters. The van der Waals surface area contributed by atoms with Crippen molar-refractivity contribution < 1.29 is 24.2 Å². The average molecular weight is 619 g/mol. The van der Waals surface area contributed by atoms with Crippen molar-refractivity contribution in [3.8, 4) is 33.6 Å². The Balaban J connectivity index is 0.000000200. The van der Waals surface area contributed by atoms with Crippen LogP contribution in [0.5, 0.6) is 0 Å². The van der Waals surface area contributed by atoms with E-state index in [1.807, 2.05) is 54.7 Å². The van der Waals surface area contributed by atoms with Crippen LogP contribution in [0.25, 0.3) is 38.5 Å². The van der Waals surface area contributed by atoms with Crippen molar-refractivity contribution in [1.82, 2.24) is 9.97 Å². The molecule has 0 fully saturated rings. The number of rotatable bonds is 3. The van der Waals surface area contributed by atoms with Gasteiger partial charge in [-0.15, -0.1) is 59.7 Å². The van der Waals surface area contributed by atoms with Crippen LogP contribution in [0.1, 0.15) is 9.68 Å². The molecule has 0 atom stereocenters. The van der Waals surface area contributed by atoms with Crippen molar-refractivity contribution in [3.05, 3.63) is 139 Å². The summed E-state index contributed by atoms with van der Waals surface area (Å²) in [4.78, 5) is 11.8. The third-order valence-electron chi connectivity index (χ3n) is 4.79. The first-order valence-electron chi connectivity index (χ1n) is 11.8. The Hall–Kier alpha value is -3.90. The fraction of sp³-hybridized carbons (Fsp3) is 0.0333. The summed E-state index contributed by atoms with van der Waals surface area (Å²) in [6.07, 6.45) is 3.18. The molecule has 0 aliphatic heterocycles. The van der Waals surface area contributed by atoms with Gasteiger partial charge in [0.05, 0.1) is 6.57 Å². The molecule has 0 bridgehead atoms. The number of aromatic nitrogens is 2. The van der Waals surface area contributed by atoms with Gasteiger partial charge in [-0.3, -0.25) is 4.85 Å². The number of nitrogens with zero attached hydrogens (tertiary/aromatic N) is 3. The molecule has 5 aromatic rings. The Kier molecular flexibility index (Phi) is 7.53. The Morgan fingerprint density at radius 3 is 2.32 bits per heavy atom. The first-order chi connectivity index (χ1) is 17.4. The topological polar surface area (TPSA) is 30.1 Å². The summed E-state index contributed by atoms with van der Waals surface area (Å²) in [6, 6.07) is 36.8. The van der Waals surface area contributed by atoms with Gasteiger partial charge in [-0.25, -0.2) is 0 Å². The van der Waals surface area contributed by atoms with E-state index in [1.165, 1.54) is 23.4 Å². The predicted octanol–water partition coefficient (Wildman–Crippen LogP) is 7.62. The van der Waals surface area contributed by atoms with Crippen molar-refractivity contribution in [1.29, 1.82) is 0 Å². The van der Waals surface area contributed by atoms with E-state index in [0.717, 1.165) is 11.3 Å². The first kappa shape index (κ1) is 20.7. The molecular weight excluding hydrogens is 595 g/mol. The molecular formula is C30H21IrN3-2. The van der Waals surface area contributed by atoms with Gasteiger partial charge in [-0.05, 0) is 41.0 Å². The van der Waals surface area contributed by atoms with E-state index < -0.39 is 6.85 Å². The van der Waals surface area contributed by atoms with Gasteiger partial charge in [0.25, 0.3) is 0 Å². The quantitative estimate of drug-likeness (QED) is 0.195. The minimum Gasteiger partial charge on any atom is -0.305 e. The zero-order chi connectivity index (χ0) is 25.4. The second-order valence-electron chi connectivity index (χ2n) is 7.07. The van der Waals surface area contributed by atoms with Crippen LogP contribution in [-0.2, 0) is 20.1 Å². The van der Waals surface area contributed by atoms with Gasteiger partial charge in [0, 0.05) is 36.6 Å². The van der Waals surface area contributed by atoms with E-state index in [-0.39, 0.29) is 25.7 Å². The van der Waals surface area contributed by atoms with Crippen LogP contribution in [-0.4, -0.2) is 9.97 Å². The Labute approximate surface area is 218 Å². The number of aryl methyl sites for hydroxylation is 1. The largest absolute Gasteiger partial charge is 0.305 e. The van der Waals surface area contributed by atoms with E-state index in [1.54, 1.807) is 24.3 Å². The molecule has 0 aliphatic carbocycles. The summed E-state index contributed by atoms with van der Waals surface area (Å²) in [7, 11) is 0. The maximum absolute atomic E-state index is 7.26. The van der Waals surface area contributed by atoms with Gasteiger partial charge in [0.15, 0.2) is 0 Å². The molecule has 2 heterocycles. The second-order valence-corrected chi connectivity index (χ2v) is 7.07. The molecule has 0 saturated heterocycles. The van der Waals surface area contributed by atoms with Crippen LogP contribution in [0.15, 0.2) is 109 Å². The Bertz CT molecular complexity index is 1410.